The average molecular weight is 370 g/mol. The lowest BCUT2D eigenvalue weighted by Gasteiger charge is -2.25. The Morgan fingerprint density at radius 1 is 1.23 bits per heavy atom. The smallest absolute Gasteiger partial charge is 0.249 e. The second-order valence-electron chi connectivity index (χ2n) is 6.09. The quantitative estimate of drug-likeness (QED) is 0.738. The van der Waals surface area contributed by atoms with Crippen LogP contribution in [0, 0.1) is 6.92 Å². The fourth-order valence-corrected chi connectivity index (χ4v) is 3.18. The lowest BCUT2D eigenvalue weighted by Crippen LogP contribution is -2.31. The van der Waals surface area contributed by atoms with Crippen LogP contribution >= 0.6 is 11.6 Å². The minimum Gasteiger partial charge on any atom is -0.464 e. The highest BCUT2D eigenvalue weighted by Crippen LogP contribution is 2.36. The molecule has 1 unspecified atom stereocenters. The first kappa shape index (κ1) is 16.4. The van der Waals surface area contributed by atoms with E-state index in [4.69, 9.17) is 21.8 Å². The summed E-state index contributed by atoms with van der Waals surface area (Å²) in [5, 5.41) is 8.32. The summed E-state index contributed by atoms with van der Waals surface area (Å²) in [5.74, 6) is 1.79. The summed E-state index contributed by atoms with van der Waals surface area (Å²) in [6.07, 6.45) is 0. The van der Waals surface area contributed by atoms with Gasteiger partial charge in [-0.3, -0.25) is 4.79 Å². The van der Waals surface area contributed by atoms with Crippen molar-refractivity contribution in [2.24, 2.45) is 5.73 Å². The largest absolute Gasteiger partial charge is 0.464 e. The number of aromatic nitrogens is 3. The maximum absolute atomic E-state index is 12.1. The Bertz CT molecular complexity index is 1030. The second kappa shape index (κ2) is 6.03. The number of allylic oxidation sites excluding steroid dienone is 1. The highest BCUT2D eigenvalue weighted by molar-refractivity contribution is 6.30. The Morgan fingerprint density at radius 3 is 2.58 bits per heavy atom. The summed E-state index contributed by atoms with van der Waals surface area (Å²) in [6, 6.07) is 10.3. The number of rotatable bonds is 3. The molecule has 0 bridgehead atoms. The van der Waals surface area contributed by atoms with Crippen LogP contribution in [0.4, 0.5) is 5.95 Å². The van der Waals surface area contributed by atoms with Gasteiger partial charge in [0.1, 0.15) is 17.6 Å². The number of amides is 1. The minimum atomic E-state index is -0.578. The highest BCUT2D eigenvalue weighted by Gasteiger charge is 2.35. The molecule has 1 amide bonds. The first-order valence-corrected chi connectivity index (χ1v) is 8.38. The van der Waals surface area contributed by atoms with E-state index < -0.39 is 11.9 Å². The van der Waals surface area contributed by atoms with Gasteiger partial charge < -0.3 is 15.5 Å². The molecule has 26 heavy (non-hydrogen) atoms. The predicted molar refractivity (Wildman–Crippen MR) is 97.6 cm³/mol. The zero-order valence-corrected chi connectivity index (χ0v) is 14.9. The average Bonchev–Trinajstić information content (AvgIpc) is 3.20. The molecular formula is C18H16ClN5O2. The first-order valence-electron chi connectivity index (χ1n) is 8.00. The van der Waals surface area contributed by atoms with E-state index >= 15 is 0 Å². The summed E-state index contributed by atoms with van der Waals surface area (Å²) >= 11 is 5.95. The van der Waals surface area contributed by atoms with Crippen LogP contribution in [0.3, 0.4) is 0 Å². The van der Waals surface area contributed by atoms with E-state index in [0.29, 0.717) is 33.8 Å². The molecule has 2 aromatic heterocycles. The van der Waals surface area contributed by atoms with Gasteiger partial charge in [0.15, 0.2) is 5.82 Å². The number of hydrogen-bond acceptors (Lipinski definition) is 5. The van der Waals surface area contributed by atoms with Crippen molar-refractivity contribution in [3.63, 3.8) is 0 Å². The molecule has 3 aromatic rings. The van der Waals surface area contributed by atoms with Gasteiger partial charge in [0.05, 0.1) is 5.57 Å². The second-order valence-corrected chi connectivity index (χ2v) is 6.53. The van der Waals surface area contributed by atoms with Crippen molar-refractivity contribution in [3.8, 4) is 11.4 Å². The zero-order chi connectivity index (χ0) is 18.4. The molecular weight excluding hydrogens is 354 g/mol. The van der Waals surface area contributed by atoms with Gasteiger partial charge in [0.2, 0.25) is 11.9 Å². The molecule has 1 aromatic carbocycles. The van der Waals surface area contributed by atoms with Gasteiger partial charge >= 0.3 is 0 Å². The summed E-state index contributed by atoms with van der Waals surface area (Å²) in [4.78, 5) is 16.6. The Morgan fingerprint density at radius 2 is 1.96 bits per heavy atom. The number of nitrogens with zero attached hydrogens (tertiary/aromatic N) is 3. The molecule has 3 N–H and O–H groups in total. The molecule has 8 heteroatoms. The summed E-state index contributed by atoms with van der Waals surface area (Å²) in [6.45, 7) is 3.62. The number of halogens is 1. The van der Waals surface area contributed by atoms with Crippen molar-refractivity contribution in [1.82, 2.24) is 14.8 Å². The van der Waals surface area contributed by atoms with Gasteiger partial charge in [0, 0.05) is 16.3 Å². The van der Waals surface area contributed by atoms with Crippen LogP contribution in [0.1, 0.15) is 24.5 Å². The molecule has 3 heterocycles. The number of nitrogens with one attached hydrogen (secondary N) is 1. The maximum Gasteiger partial charge on any atom is 0.249 e. The molecule has 7 nitrogen and oxygen atoms in total. The lowest BCUT2D eigenvalue weighted by molar-refractivity contribution is -0.115. The molecule has 1 atom stereocenters. The Balaban J connectivity index is 1.86. The van der Waals surface area contributed by atoms with Gasteiger partial charge in [0.25, 0.3) is 0 Å². The third-order valence-corrected chi connectivity index (χ3v) is 4.50. The van der Waals surface area contributed by atoms with Crippen molar-refractivity contribution < 1.29 is 9.21 Å². The van der Waals surface area contributed by atoms with Crippen LogP contribution in [-0.2, 0) is 4.79 Å². The fraction of sp³-hybridized carbons (Fsp3) is 0.167. The van der Waals surface area contributed by atoms with E-state index in [1.165, 1.54) is 0 Å². The van der Waals surface area contributed by atoms with Gasteiger partial charge in [-0.25, -0.2) is 4.68 Å². The molecule has 0 aliphatic carbocycles. The normalized spacial score (nSPS) is 16.3. The molecule has 0 fully saturated rings. The van der Waals surface area contributed by atoms with Crippen molar-refractivity contribution in [3.05, 3.63) is 64.2 Å². The van der Waals surface area contributed by atoms with Gasteiger partial charge in [-0.1, -0.05) is 11.6 Å². The van der Waals surface area contributed by atoms with Crippen LogP contribution in [-0.4, -0.2) is 20.7 Å². The van der Waals surface area contributed by atoms with Crippen molar-refractivity contribution in [2.45, 2.75) is 19.9 Å². The lowest BCUT2D eigenvalue weighted by atomic mass is 10.0. The van der Waals surface area contributed by atoms with Crippen LogP contribution in [0.15, 0.2) is 52.1 Å². The summed E-state index contributed by atoms with van der Waals surface area (Å²) in [7, 11) is 0. The molecule has 1 aliphatic heterocycles. The van der Waals surface area contributed by atoms with Gasteiger partial charge in [-0.15, -0.1) is 5.10 Å². The first-order chi connectivity index (χ1) is 12.4. The van der Waals surface area contributed by atoms with E-state index in [1.807, 2.05) is 31.2 Å². The summed E-state index contributed by atoms with van der Waals surface area (Å²) < 4.78 is 7.38. The number of hydrogen-bond donors (Lipinski definition) is 2. The topological polar surface area (TPSA) is 99.0 Å². The van der Waals surface area contributed by atoms with Gasteiger partial charge in [-0.2, -0.15) is 4.98 Å². The Labute approximate surface area is 154 Å². The molecule has 0 spiro atoms. The van der Waals surface area contributed by atoms with Crippen LogP contribution in [0.25, 0.3) is 11.4 Å². The van der Waals surface area contributed by atoms with E-state index in [9.17, 15) is 4.79 Å². The number of aryl methyl sites for hydroxylation is 1. The number of carbonyl (C=O) groups excluding carboxylic acids is 1. The molecule has 132 valence electrons. The molecule has 1 aliphatic rings. The SMILES string of the molecule is CC1=C(C(N)=O)C(c2ccc(C)o2)n2nc(-c3ccc(Cl)cc3)nc2N1. The number of nitrogens with two attached hydrogens (primary N) is 1. The standard InChI is InChI=1S/C18H16ClN5O2/c1-9-3-8-13(26-9)15-14(16(20)25)10(2)21-18-22-17(23-24(15)18)11-4-6-12(19)7-5-11/h3-8,15H,1-2H3,(H2,20,25)(H,21,22,23). The third kappa shape index (κ3) is 2.66. The van der Waals surface area contributed by atoms with Crippen molar-refractivity contribution >= 4 is 23.5 Å². The van der Waals surface area contributed by atoms with E-state index in [2.05, 4.69) is 15.4 Å². The van der Waals surface area contributed by atoms with E-state index in [0.717, 1.165) is 11.3 Å². The van der Waals surface area contributed by atoms with Crippen molar-refractivity contribution in [2.75, 3.05) is 5.32 Å². The molecule has 4 rings (SSSR count). The summed E-state index contributed by atoms with van der Waals surface area (Å²) in [5.41, 5.74) is 7.45. The number of carbonyl (C=O) groups is 1. The molecule has 0 radical (unpaired) electrons. The van der Waals surface area contributed by atoms with Crippen molar-refractivity contribution in [1.29, 1.82) is 0 Å². The van der Waals surface area contributed by atoms with Crippen LogP contribution < -0.4 is 11.1 Å². The maximum atomic E-state index is 12.1. The Kier molecular flexibility index (Phi) is 3.81. The monoisotopic (exact) mass is 369 g/mol. The molecule has 0 saturated heterocycles. The number of furan rings is 1. The zero-order valence-electron chi connectivity index (χ0n) is 14.2. The minimum absolute atomic E-state index is 0.388. The van der Waals surface area contributed by atoms with E-state index in [1.54, 1.807) is 23.7 Å². The number of fused-ring (bicyclic) bond motifs is 1. The predicted octanol–water partition coefficient (Wildman–Crippen LogP) is 3.27. The number of anilines is 1. The van der Waals surface area contributed by atoms with Gasteiger partial charge in [-0.05, 0) is 50.2 Å². The molecule has 0 saturated carbocycles. The van der Waals surface area contributed by atoms with E-state index in [-0.39, 0.29) is 0 Å². The van der Waals surface area contributed by atoms with Crippen LogP contribution in [0.2, 0.25) is 5.02 Å². The fourth-order valence-electron chi connectivity index (χ4n) is 3.05. The highest BCUT2D eigenvalue weighted by atomic mass is 35.5. The Hall–Kier alpha value is -3.06. The number of benzene rings is 1. The third-order valence-electron chi connectivity index (χ3n) is 4.25. The van der Waals surface area contributed by atoms with Crippen LogP contribution in [0.5, 0.6) is 0 Å². The number of primary amides is 1.